The highest BCUT2D eigenvalue weighted by Gasteiger charge is 2.27. The molecule has 4 nitrogen and oxygen atoms in total. The number of nitrogens with one attached hydrogen (secondary N) is 1. The molecule has 0 amide bonds. The van der Waals surface area contributed by atoms with Crippen LogP contribution in [-0.4, -0.2) is 64.1 Å². The summed E-state index contributed by atoms with van der Waals surface area (Å²) < 4.78 is 11.0. The molecule has 0 spiro atoms. The number of nitrogens with zero attached hydrogens (tertiary/aromatic N) is 1. The second-order valence-corrected chi connectivity index (χ2v) is 5.28. The summed E-state index contributed by atoms with van der Waals surface area (Å²) in [6, 6.07) is 0.696. The largest absolute Gasteiger partial charge is 0.380 e. The van der Waals surface area contributed by atoms with Crippen molar-refractivity contribution in [3.63, 3.8) is 0 Å². The van der Waals surface area contributed by atoms with Crippen LogP contribution >= 0.6 is 0 Å². The van der Waals surface area contributed by atoms with Gasteiger partial charge in [-0.25, -0.2) is 0 Å². The molecule has 19 heavy (non-hydrogen) atoms. The lowest BCUT2D eigenvalue weighted by molar-refractivity contribution is 0.0740. The van der Waals surface area contributed by atoms with E-state index in [2.05, 4.69) is 31.1 Å². The summed E-state index contributed by atoms with van der Waals surface area (Å²) in [7, 11) is 2.09. The molecular weight excluding hydrogens is 240 g/mol. The highest BCUT2D eigenvalue weighted by molar-refractivity contribution is 4.84. The lowest BCUT2D eigenvalue weighted by atomic mass is 10.0. The number of ether oxygens (including phenoxy) is 2. The van der Waals surface area contributed by atoms with Gasteiger partial charge in [0.05, 0.1) is 13.2 Å². The van der Waals surface area contributed by atoms with E-state index in [4.69, 9.17) is 9.47 Å². The molecule has 1 saturated carbocycles. The van der Waals surface area contributed by atoms with E-state index in [0.29, 0.717) is 6.04 Å². The van der Waals surface area contributed by atoms with Crippen LogP contribution in [0.2, 0.25) is 0 Å². The van der Waals surface area contributed by atoms with Gasteiger partial charge in [-0.05, 0) is 39.7 Å². The van der Waals surface area contributed by atoms with Crippen molar-refractivity contribution in [2.75, 3.05) is 53.1 Å². The second kappa shape index (κ2) is 10.6. The fourth-order valence-electron chi connectivity index (χ4n) is 2.94. The lowest BCUT2D eigenvalue weighted by Gasteiger charge is -2.28. The van der Waals surface area contributed by atoms with Crippen molar-refractivity contribution >= 4 is 0 Å². The number of hydrogen-bond acceptors (Lipinski definition) is 4. The molecule has 2 atom stereocenters. The Morgan fingerprint density at radius 1 is 1.05 bits per heavy atom. The molecule has 0 aromatic carbocycles. The topological polar surface area (TPSA) is 33.7 Å². The van der Waals surface area contributed by atoms with Gasteiger partial charge in [-0.3, -0.25) is 4.90 Å². The number of rotatable bonds is 11. The van der Waals surface area contributed by atoms with Crippen molar-refractivity contribution < 1.29 is 9.47 Å². The van der Waals surface area contributed by atoms with Gasteiger partial charge < -0.3 is 14.8 Å². The van der Waals surface area contributed by atoms with Gasteiger partial charge in [-0.15, -0.1) is 0 Å². The van der Waals surface area contributed by atoms with Crippen molar-refractivity contribution in [3.8, 4) is 0 Å². The maximum atomic E-state index is 5.49. The molecule has 4 heteroatoms. The first-order valence-electron chi connectivity index (χ1n) is 7.86. The molecule has 114 valence electrons. The minimum absolute atomic E-state index is 0.696. The van der Waals surface area contributed by atoms with E-state index in [0.717, 1.165) is 45.4 Å². The van der Waals surface area contributed by atoms with E-state index in [9.17, 15) is 0 Å². The molecule has 0 aromatic rings. The third-order valence-electron chi connectivity index (χ3n) is 4.03. The Bertz CT molecular complexity index is 204. The molecule has 0 aliphatic heterocycles. The summed E-state index contributed by atoms with van der Waals surface area (Å²) in [6.45, 7) is 10.6. The van der Waals surface area contributed by atoms with E-state index in [-0.39, 0.29) is 0 Å². The van der Waals surface area contributed by atoms with Crippen LogP contribution in [0.25, 0.3) is 0 Å². The van der Waals surface area contributed by atoms with E-state index >= 15 is 0 Å². The van der Waals surface area contributed by atoms with Crippen LogP contribution < -0.4 is 5.32 Å². The predicted molar refractivity (Wildman–Crippen MR) is 79.6 cm³/mol. The first-order valence-corrected chi connectivity index (χ1v) is 7.86. The molecule has 1 rings (SSSR count). The van der Waals surface area contributed by atoms with Crippen LogP contribution in [-0.2, 0) is 9.47 Å². The molecule has 1 N–H and O–H groups in total. The smallest absolute Gasteiger partial charge is 0.0593 e. The van der Waals surface area contributed by atoms with Gasteiger partial charge in [-0.2, -0.15) is 0 Å². The Morgan fingerprint density at radius 3 is 2.21 bits per heavy atom. The predicted octanol–water partition coefficient (Wildman–Crippen LogP) is 1.75. The Balaban J connectivity index is 2.33. The average molecular weight is 272 g/mol. The fourth-order valence-corrected chi connectivity index (χ4v) is 2.94. The molecular formula is C15H32N2O2. The minimum Gasteiger partial charge on any atom is -0.380 e. The Labute approximate surface area is 118 Å². The monoisotopic (exact) mass is 272 g/mol. The zero-order valence-corrected chi connectivity index (χ0v) is 13.0. The molecule has 2 unspecified atom stereocenters. The molecule has 1 aliphatic rings. The van der Waals surface area contributed by atoms with Crippen LogP contribution in [0, 0.1) is 5.92 Å². The third-order valence-corrected chi connectivity index (χ3v) is 4.03. The first-order chi connectivity index (χ1) is 9.31. The van der Waals surface area contributed by atoms with Crippen LogP contribution in [0.5, 0.6) is 0 Å². The standard InChI is InChI=1S/C15H32N2O2/c1-4-18-11-9-17(10-12-19-5-2)13-14-7-6-8-15(14)16-3/h14-16H,4-13H2,1-3H3. The Hall–Kier alpha value is -0.160. The van der Waals surface area contributed by atoms with Crippen molar-refractivity contribution in [3.05, 3.63) is 0 Å². The summed E-state index contributed by atoms with van der Waals surface area (Å²) in [5, 5.41) is 3.46. The van der Waals surface area contributed by atoms with Crippen LogP contribution in [0.15, 0.2) is 0 Å². The van der Waals surface area contributed by atoms with Crippen molar-refractivity contribution in [1.82, 2.24) is 10.2 Å². The maximum Gasteiger partial charge on any atom is 0.0593 e. The van der Waals surface area contributed by atoms with Crippen molar-refractivity contribution in [2.24, 2.45) is 5.92 Å². The van der Waals surface area contributed by atoms with Crippen molar-refractivity contribution in [1.29, 1.82) is 0 Å². The minimum atomic E-state index is 0.696. The van der Waals surface area contributed by atoms with E-state index in [1.165, 1.54) is 25.8 Å². The summed E-state index contributed by atoms with van der Waals surface area (Å²) in [4.78, 5) is 2.51. The Morgan fingerprint density at radius 2 is 1.68 bits per heavy atom. The van der Waals surface area contributed by atoms with E-state index in [1.54, 1.807) is 0 Å². The lowest BCUT2D eigenvalue weighted by Crippen LogP contribution is -2.40. The average Bonchev–Trinajstić information content (AvgIpc) is 2.86. The molecule has 1 fully saturated rings. The first kappa shape index (κ1) is 16.9. The molecule has 0 saturated heterocycles. The molecule has 1 aliphatic carbocycles. The summed E-state index contributed by atoms with van der Waals surface area (Å²) in [5.41, 5.74) is 0. The van der Waals surface area contributed by atoms with Crippen LogP contribution in [0.1, 0.15) is 33.1 Å². The zero-order chi connectivity index (χ0) is 13.9. The van der Waals surface area contributed by atoms with Crippen LogP contribution in [0.3, 0.4) is 0 Å². The summed E-state index contributed by atoms with van der Waals surface area (Å²) in [6.07, 6.45) is 4.04. The highest BCUT2D eigenvalue weighted by Crippen LogP contribution is 2.26. The fraction of sp³-hybridized carbons (Fsp3) is 1.00. The number of hydrogen-bond donors (Lipinski definition) is 1. The maximum absolute atomic E-state index is 5.49. The second-order valence-electron chi connectivity index (χ2n) is 5.28. The normalized spacial score (nSPS) is 23.4. The molecule has 0 bridgehead atoms. The van der Waals surface area contributed by atoms with Gasteiger partial charge in [-0.1, -0.05) is 6.42 Å². The van der Waals surface area contributed by atoms with Gasteiger partial charge >= 0.3 is 0 Å². The van der Waals surface area contributed by atoms with Gasteiger partial charge in [0, 0.05) is 38.9 Å². The van der Waals surface area contributed by atoms with Gasteiger partial charge in [0.2, 0.25) is 0 Å². The van der Waals surface area contributed by atoms with Crippen molar-refractivity contribution in [2.45, 2.75) is 39.2 Å². The third kappa shape index (κ3) is 6.70. The van der Waals surface area contributed by atoms with Gasteiger partial charge in [0.1, 0.15) is 0 Å². The van der Waals surface area contributed by atoms with Crippen LogP contribution in [0.4, 0.5) is 0 Å². The van der Waals surface area contributed by atoms with E-state index < -0.39 is 0 Å². The molecule has 0 radical (unpaired) electrons. The summed E-state index contributed by atoms with van der Waals surface area (Å²) in [5.74, 6) is 0.785. The summed E-state index contributed by atoms with van der Waals surface area (Å²) >= 11 is 0. The highest BCUT2D eigenvalue weighted by atomic mass is 16.5. The zero-order valence-electron chi connectivity index (χ0n) is 13.0. The molecule has 0 aromatic heterocycles. The molecule has 0 heterocycles. The Kier molecular flexibility index (Phi) is 9.43. The van der Waals surface area contributed by atoms with E-state index in [1.807, 2.05) is 0 Å². The SMILES string of the molecule is CCOCCN(CCOCC)CC1CCCC1NC. The van der Waals surface area contributed by atoms with Gasteiger partial charge in [0.15, 0.2) is 0 Å². The van der Waals surface area contributed by atoms with Gasteiger partial charge in [0.25, 0.3) is 0 Å². The quantitative estimate of drug-likeness (QED) is 0.581.